The molecule has 0 aromatic heterocycles. The van der Waals surface area contributed by atoms with Crippen LogP contribution in [-0.2, 0) is 0 Å². The molecular formula is C20H46N4O6. The van der Waals surface area contributed by atoms with Crippen molar-refractivity contribution >= 4 is 0 Å². The number of nitrogens with zero attached hydrogens (tertiary/aromatic N) is 2. The van der Waals surface area contributed by atoms with Crippen LogP contribution in [-0.4, -0.2) is 54.4 Å². The fourth-order valence-electron chi connectivity index (χ4n) is 2.16. The van der Waals surface area contributed by atoms with Crippen molar-refractivity contribution in [1.82, 2.24) is 0 Å². The van der Waals surface area contributed by atoms with Crippen LogP contribution in [0, 0.1) is 32.1 Å². The minimum atomic E-state index is -1.50. The van der Waals surface area contributed by atoms with Crippen molar-refractivity contribution in [2.75, 3.05) is 0 Å². The topological polar surface area (TPSA) is 179 Å². The molecule has 10 heteroatoms. The van der Waals surface area contributed by atoms with Crippen molar-refractivity contribution in [3.63, 3.8) is 0 Å². The summed E-state index contributed by atoms with van der Waals surface area (Å²) in [5.74, 6) is -0.211. The Hall–Kier alpha value is -1.36. The van der Waals surface area contributed by atoms with Crippen molar-refractivity contribution in [3.8, 4) is 0 Å². The summed E-state index contributed by atoms with van der Waals surface area (Å²) >= 11 is 0. The lowest BCUT2D eigenvalue weighted by molar-refractivity contribution is -0.581. The van der Waals surface area contributed by atoms with Gasteiger partial charge in [0.05, 0.1) is 6.10 Å². The summed E-state index contributed by atoms with van der Waals surface area (Å²) in [6, 6.07) is 0. The lowest BCUT2D eigenvalue weighted by Crippen LogP contribution is -2.49. The van der Waals surface area contributed by atoms with E-state index in [2.05, 4.69) is 0 Å². The van der Waals surface area contributed by atoms with Crippen LogP contribution in [0.2, 0.25) is 0 Å². The summed E-state index contributed by atoms with van der Waals surface area (Å²) in [5, 5.41) is 41.1. The van der Waals surface area contributed by atoms with Crippen LogP contribution in [0.3, 0.4) is 0 Å². The molecule has 0 amide bonds. The SMILES string of the molecule is CC(CC(O)C(C)(C)N)C(C)(C)N.CC(CC(O)C(C)(C)[N+](=O)[O-])C(C)(C)[N+](=O)[O-].[HH]. The molecule has 0 rings (SSSR count). The van der Waals surface area contributed by atoms with Gasteiger partial charge in [-0.25, -0.2) is 0 Å². The standard InChI is InChI=1S/C10H20N2O5.C10H24N2O.H2/c1-7(9(2,3)11(14)15)6-8(13)10(4,5)12(16)17;1-7(9(2,3)11)6-8(13)10(4,5)12;/h7-8,13H,6H2,1-5H3;7-8,13H,6,11-12H2,1-5H3;1H. The van der Waals surface area contributed by atoms with Crippen LogP contribution in [0.25, 0.3) is 0 Å². The summed E-state index contributed by atoms with van der Waals surface area (Å²) < 4.78 is 0. The van der Waals surface area contributed by atoms with E-state index in [1.165, 1.54) is 27.7 Å². The van der Waals surface area contributed by atoms with Gasteiger partial charge in [-0.2, -0.15) is 0 Å². The fourth-order valence-corrected chi connectivity index (χ4v) is 2.16. The number of hydrogen-bond donors (Lipinski definition) is 4. The van der Waals surface area contributed by atoms with Crippen LogP contribution in [0.1, 0.15) is 83.5 Å². The van der Waals surface area contributed by atoms with E-state index in [1.807, 2.05) is 34.6 Å². The van der Waals surface area contributed by atoms with Gasteiger partial charge >= 0.3 is 0 Å². The first kappa shape index (κ1) is 30.8. The van der Waals surface area contributed by atoms with Gasteiger partial charge in [0.2, 0.25) is 11.1 Å². The van der Waals surface area contributed by atoms with Gasteiger partial charge in [0, 0.05) is 56.0 Å². The Balaban J connectivity index is -0.000000507. The van der Waals surface area contributed by atoms with Gasteiger partial charge in [0.25, 0.3) is 0 Å². The van der Waals surface area contributed by atoms with E-state index >= 15 is 0 Å². The molecular weight excluding hydrogens is 392 g/mol. The van der Waals surface area contributed by atoms with Crippen molar-refractivity contribution in [2.45, 2.75) is 116 Å². The van der Waals surface area contributed by atoms with Crippen molar-refractivity contribution in [1.29, 1.82) is 0 Å². The second kappa shape index (κ2) is 10.8. The number of hydrogen-bond acceptors (Lipinski definition) is 8. The highest BCUT2D eigenvalue weighted by Crippen LogP contribution is 2.28. The maximum Gasteiger partial charge on any atom is 0.242 e. The zero-order valence-corrected chi connectivity index (χ0v) is 20.3. The Labute approximate surface area is 182 Å². The first-order chi connectivity index (χ1) is 13.0. The quantitative estimate of drug-likeness (QED) is 0.297. The normalized spacial score (nSPS) is 17.3. The zero-order chi connectivity index (χ0) is 24.9. The third kappa shape index (κ3) is 9.63. The van der Waals surface area contributed by atoms with E-state index in [-0.39, 0.29) is 19.3 Å². The number of aliphatic hydroxyl groups excluding tert-OH is 2. The molecule has 6 N–H and O–H groups in total. The van der Waals surface area contributed by atoms with Crippen LogP contribution in [0.15, 0.2) is 0 Å². The van der Waals surface area contributed by atoms with E-state index in [0.717, 1.165) is 0 Å². The van der Waals surface area contributed by atoms with Gasteiger partial charge in [-0.3, -0.25) is 20.2 Å². The number of rotatable bonds is 10. The van der Waals surface area contributed by atoms with Crippen LogP contribution >= 0.6 is 0 Å². The van der Waals surface area contributed by atoms with Gasteiger partial charge < -0.3 is 21.7 Å². The Morgan fingerprint density at radius 1 is 0.733 bits per heavy atom. The monoisotopic (exact) mass is 438 g/mol. The van der Waals surface area contributed by atoms with E-state index in [4.69, 9.17) is 11.5 Å². The predicted molar refractivity (Wildman–Crippen MR) is 120 cm³/mol. The molecule has 4 atom stereocenters. The molecule has 0 fully saturated rings. The number of nitro groups is 2. The van der Waals surface area contributed by atoms with Gasteiger partial charge in [-0.1, -0.05) is 13.8 Å². The van der Waals surface area contributed by atoms with E-state index in [9.17, 15) is 30.4 Å². The summed E-state index contributed by atoms with van der Waals surface area (Å²) in [5.41, 5.74) is 8.18. The van der Waals surface area contributed by atoms with Gasteiger partial charge in [-0.05, 0) is 46.5 Å². The van der Waals surface area contributed by atoms with Gasteiger partial charge in [-0.15, -0.1) is 0 Å². The minimum absolute atomic E-state index is 0. The molecule has 30 heavy (non-hydrogen) atoms. The highest BCUT2D eigenvalue weighted by atomic mass is 16.6. The van der Waals surface area contributed by atoms with Gasteiger partial charge in [0.15, 0.2) is 0 Å². The van der Waals surface area contributed by atoms with E-state index in [0.29, 0.717) is 6.42 Å². The molecule has 4 unspecified atom stereocenters. The van der Waals surface area contributed by atoms with Crippen LogP contribution in [0.5, 0.6) is 0 Å². The fraction of sp³-hybridized carbons (Fsp3) is 1.00. The smallest absolute Gasteiger partial charge is 0.242 e. The molecule has 0 aliphatic carbocycles. The Morgan fingerprint density at radius 2 is 1.07 bits per heavy atom. The van der Waals surface area contributed by atoms with E-state index in [1.54, 1.807) is 6.92 Å². The molecule has 0 aliphatic heterocycles. The first-order valence-corrected chi connectivity index (χ1v) is 10.2. The molecule has 0 aromatic carbocycles. The molecule has 0 aliphatic rings. The first-order valence-electron chi connectivity index (χ1n) is 10.2. The number of aliphatic hydroxyl groups is 2. The molecule has 0 radical (unpaired) electrons. The second-order valence-corrected chi connectivity index (χ2v) is 10.8. The lowest BCUT2D eigenvalue weighted by Gasteiger charge is -2.33. The average Bonchev–Trinajstić information content (AvgIpc) is 2.52. The summed E-state index contributed by atoms with van der Waals surface area (Å²) in [7, 11) is 0. The van der Waals surface area contributed by atoms with Crippen molar-refractivity contribution < 1.29 is 21.5 Å². The minimum Gasteiger partial charge on any atom is -0.391 e. The zero-order valence-electron chi connectivity index (χ0n) is 20.3. The van der Waals surface area contributed by atoms with E-state index < -0.39 is 44.6 Å². The average molecular weight is 439 g/mol. The van der Waals surface area contributed by atoms with Crippen molar-refractivity contribution in [3.05, 3.63) is 20.2 Å². The van der Waals surface area contributed by atoms with Gasteiger partial charge in [0.1, 0.15) is 6.10 Å². The molecule has 10 nitrogen and oxygen atoms in total. The highest BCUT2D eigenvalue weighted by molar-refractivity contribution is 4.88. The highest BCUT2D eigenvalue weighted by Gasteiger charge is 2.45. The molecule has 0 saturated heterocycles. The van der Waals surface area contributed by atoms with Crippen LogP contribution in [0.4, 0.5) is 0 Å². The van der Waals surface area contributed by atoms with Crippen LogP contribution < -0.4 is 11.5 Å². The maximum atomic E-state index is 10.8. The molecule has 0 heterocycles. The summed E-state index contributed by atoms with van der Waals surface area (Å²) in [6.07, 6.45) is -1.05. The molecule has 182 valence electrons. The summed E-state index contributed by atoms with van der Waals surface area (Å²) in [6.45, 7) is 16.8. The Kier molecular flexibility index (Phi) is 11.1. The molecule has 0 aromatic rings. The Bertz CT molecular complexity index is 525. The molecule has 0 saturated carbocycles. The largest absolute Gasteiger partial charge is 0.391 e. The lowest BCUT2D eigenvalue weighted by atomic mass is 9.81. The Morgan fingerprint density at radius 3 is 1.33 bits per heavy atom. The number of nitrogens with two attached hydrogens (primary N) is 2. The molecule has 0 bridgehead atoms. The summed E-state index contributed by atoms with van der Waals surface area (Å²) in [4.78, 5) is 20.6. The molecule has 0 spiro atoms. The van der Waals surface area contributed by atoms with Crippen molar-refractivity contribution in [2.24, 2.45) is 23.3 Å². The second-order valence-electron chi connectivity index (χ2n) is 10.8. The third-order valence-electron chi connectivity index (χ3n) is 6.25. The third-order valence-corrected chi connectivity index (χ3v) is 6.25. The predicted octanol–water partition coefficient (Wildman–Crippen LogP) is 2.58. The maximum absolute atomic E-state index is 10.8.